The molecule has 0 aromatic rings. The van der Waals surface area contributed by atoms with Crippen LogP contribution in [-0.2, 0) is 4.79 Å². The van der Waals surface area contributed by atoms with Crippen LogP contribution < -0.4 is 5.32 Å². The second-order valence-corrected chi connectivity index (χ2v) is 5.44. The minimum atomic E-state index is -0.421. The Morgan fingerprint density at radius 3 is 2.69 bits per heavy atom. The van der Waals surface area contributed by atoms with Crippen LogP contribution in [0.1, 0.15) is 33.1 Å². The van der Waals surface area contributed by atoms with E-state index in [4.69, 9.17) is 11.6 Å². The Bertz CT molecular complexity index is 213. The van der Waals surface area contributed by atoms with Gasteiger partial charge in [0.2, 0.25) is 5.91 Å². The van der Waals surface area contributed by atoms with Gasteiger partial charge in [-0.15, -0.1) is 11.6 Å². The first kappa shape index (κ1) is 13.8. The summed E-state index contributed by atoms with van der Waals surface area (Å²) >= 11 is 5.65. The third kappa shape index (κ3) is 5.17. The zero-order valence-corrected chi connectivity index (χ0v) is 11.1. The molecule has 1 amide bonds. The van der Waals surface area contributed by atoms with Crippen molar-refractivity contribution in [1.29, 1.82) is 0 Å². The standard InChI is InChI=1S/C12H23ClN2O/c1-10-4-8-15(9-5-10)7-3-6-14-12(16)11(2)13/h10-11H,3-9H2,1-2H3,(H,14,16). The lowest BCUT2D eigenvalue weighted by Crippen LogP contribution is -2.36. The third-order valence-electron chi connectivity index (χ3n) is 3.19. The van der Waals surface area contributed by atoms with Gasteiger partial charge < -0.3 is 10.2 Å². The summed E-state index contributed by atoms with van der Waals surface area (Å²) in [6.07, 6.45) is 3.64. The van der Waals surface area contributed by atoms with Gasteiger partial charge >= 0.3 is 0 Å². The van der Waals surface area contributed by atoms with Crippen LogP contribution in [0.2, 0.25) is 0 Å². The summed E-state index contributed by atoms with van der Waals surface area (Å²) < 4.78 is 0. The Balaban J connectivity index is 2.01. The third-order valence-corrected chi connectivity index (χ3v) is 3.39. The predicted octanol–water partition coefficient (Wildman–Crippen LogP) is 1.85. The number of hydrogen-bond donors (Lipinski definition) is 1. The topological polar surface area (TPSA) is 32.3 Å². The SMILES string of the molecule is CC1CCN(CCCNC(=O)C(C)Cl)CC1. The van der Waals surface area contributed by atoms with E-state index in [1.807, 2.05) is 0 Å². The van der Waals surface area contributed by atoms with Gasteiger partial charge in [-0.25, -0.2) is 0 Å². The van der Waals surface area contributed by atoms with E-state index < -0.39 is 5.38 Å². The molecule has 94 valence electrons. The lowest BCUT2D eigenvalue weighted by atomic mass is 9.99. The maximum absolute atomic E-state index is 11.2. The molecule has 1 saturated heterocycles. The van der Waals surface area contributed by atoms with Gasteiger partial charge in [-0.05, 0) is 51.7 Å². The van der Waals surface area contributed by atoms with Crippen molar-refractivity contribution in [3.63, 3.8) is 0 Å². The summed E-state index contributed by atoms with van der Waals surface area (Å²) in [5, 5.41) is 2.41. The van der Waals surface area contributed by atoms with Gasteiger partial charge in [-0.1, -0.05) is 6.92 Å². The van der Waals surface area contributed by atoms with Crippen LogP contribution in [0.5, 0.6) is 0 Å². The highest BCUT2D eigenvalue weighted by Gasteiger charge is 2.15. The van der Waals surface area contributed by atoms with Crippen LogP contribution in [0.25, 0.3) is 0 Å². The quantitative estimate of drug-likeness (QED) is 0.593. The Hall–Kier alpha value is -0.280. The van der Waals surface area contributed by atoms with E-state index in [1.54, 1.807) is 6.92 Å². The molecule has 0 radical (unpaired) electrons. The van der Waals surface area contributed by atoms with Crippen LogP contribution in [0.4, 0.5) is 0 Å². The van der Waals surface area contributed by atoms with E-state index >= 15 is 0 Å². The van der Waals surface area contributed by atoms with E-state index in [9.17, 15) is 4.79 Å². The van der Waals surface area contributed by atoms with Gasteiger partial charge in [0.05, 0.1) is 0 Å². The maximum Gasteiger partial charge on any atom is 0.237 e. The van der Waals surface area contributed by atoms with Crippen LogP contribution in [0.3, 0.4) is 0 Å². The first-order valence-electron chi connectivity index (χ1n) is 6.23. The van der Waals surface area contributed by atoms with Gasteiger partial charge in [-0.3, -0.25) is 4.79 Å². The zero-order valence-electron chi connectivity index (χ0n) is 10.3. The number of halogens is 1. The zero-order chi connectivity index (χ0) is 12.0. The van der Waals surface area contributed by atoms with Crippen LogP contribution in [0, 0.1) is 5.92 Å². The summed E-state index contributed by atoms with van der Waals surface area (Å²) in [6.45, 7) is 8.26. The number of amides is 1. The van der Waals surface area contributed by atoms with Crippen molar-refractivity contribution in [2.45, 2.75) is 38.5 Å². The highest BCUT2D eigenvalue weighted by atomic mass is 35.5. The number of nitrogens with zero attached hydrogens (tertiary/aromatic N) is 1. The number of carbonyl (C=O) groups excluding carboxylic acids is 1. The molecule has 16 heavy (non-hydrogen) atoms. The Morgan fingerprint density at radius 1 is 1.50 bits per heavy atom. The number of carbonyl (C=O) groups is 1. The number of alkyl halides is 1. The number of rotatable bonds is 5. The summed E-state index contributed by atoms with van der Waals surface area (Å²) in [5.41, 5.74) is 0. The average Bonchev–Trinajstić information content (AvgIpc) is 2.26. The first-order chi connectivity index (χ1) is 7.59. The molecule has 1 fully saturated rings. The monoisotopic (exact) mass is 246 g/mol. The molecule has 1 unspecified atom stereocenters. The van der Waals surface area contributed by atoms with E-state index in [0.29, 0.717) is 0 Å². The number of piperidine rings is 1. The second-order valence-electron chi connectivity index (χ2n) is 4.78. The fraction of sp³-hybridized carbons (Fsp3) is 0.917. The van der Waals surface area contributed by atoms with Crippen LogP contribution in [-0.4, -0.2) is 42.4 Å². The summed E-state index contributed by atoms with van der Waals surface area (Å²) in [4.78, 5) is 13.7. The lowest BCUT2D eigenvalue weighted by Gasteiger charge is -2.30. The van der Waals surface area contributed by atoms with Crippen LogP contribution >= 0.6 is 11.6 Å². The molecule has 1 aliphatic heterocycles. The minimum absolute atomic E-state index is 0.0612. The number of hydrogen-bond acceptors (Lipinski definition) is 2. The molecule has 3 nitrogen and oxygen atoms in total. The van der Waals surface area contributed by atoms with Gasteiger partial charge in [0.1, 0.15) is 5.38 Å². The normalized spacial score (nSPS) is 20.7. The maximum atomic E-state index is 11.2. The largest absolute Gasteiger partial charge is 0.355 e. The predicted molar refractivity (Wildman–Crippen MR) is 67.8 cm³/mol. The first-order valence-corrected chi connectivity index (χ1v) is 6.67. The van der Waals surface area contributed by atoms with Crippen molar-refractivity contribution in [3.05, 3.63) is 0 Å². The van der Waals surface area contributed by atoms with Crippen molar-refractivity contribution < 1.29 is 4.79 Å². The molecule has 0 saturated carbocycles. The Labute approximate surface area is 104 Å². The summed E-state index contributed by atoms with van der Waals surface area (Å²) in [5.74, 6) is 0.821. The van der Waals surface area contributed by atoms with E-state index in [2.05, 4.69) is 17.1 Å². The highest BCUT2D eigenvalue weighted by molar-refractivity contribution is 6.30. The second kappa shape index (κ2) is 7.13. The van der Waals surface area contributed by atoms with Crippen molar-refractivity contribution >= 4 is 17.5 Å². The molecule has 0 spiro atoms. The smallest absolute Gasteiger partial charge is 0.237 e. The molecule has 0 aromatic carbocycles. The molecule has 4 heteroatoms. The van der Waals surface area contributed by atoms with Gasteiger partial charge in [0.15, 0.2) is 0 Å². The average molecular weight is 247 g/mol. The molecule has 1 heterocycles. The molecular formula is C12H23ClN2O. The van der Waals surface area contributed by atoms with Gasteiger partial charge in [-0.2, -0.15) is 0 Å². The molecule has 0 bridgehead atoms. The molecule has 1 atom stereocenters. The van der Waals surface area contributed by atoms with Crippen molar-refractivity contribution in [1.82, 2.24) is 10.2 Å². The van der Waals surface area contributed by atoms with Crippen molar-refractivity contribution in [2.75, 3.05) is 26.2 Å². The Kier molecular flexibility index (Phi) is 6.14. The van der Waals surface area contributed by atoms with E-state index in [-0.39, 0.29) is 5.91 Å². The molecule has 1 N–H and O–H groups in total. The van der Waals surface area contributed by atoms with Crippen molar-refractivity contribution in [3.8, 4) is 0 Å². The summed E-state index contributed by atoms with van der Waals surface area (Å²) in [7, 11) is 0. The fourth-order valence-corrected chi connectivity index (χ4v) is 2.02. The molecule has 1 rings (SSSR count). The lowest BCUT2D eigenvalue weighted by molar-refractivity contribution is -0.120. The fourth-order valence-electron chi connectivity index (χ4n) is 1.94. The Morgan fingerprint density at radius 2 is 2.12 bits per heavy atom. The van der Waals surface area contributed by atoms with Crippen LogP contribution in [0.15, 0.2) is 0 Å². The number of nitrogens with one attached hydrogen (secondary N) is 1. The minimum Gasteiger partial charge on any atom is -0.355 e. The molecule has 1 aliphatic rings. The van der Waals surface area contributed by atoms with E-state index in [0.717, 1.165) is 25.4 Å². The number of likely N-dealkylation sites (tertiary alicyclic amines) is 1. The molecule has 0 aliphatic carbocycles. The van der Waals surface area contributed by atoms with E-state index in [1.165, 1.54) is 25.9 Å². The molecular weight excluding hydrogens is 224 g/mol. The highest BCUT2D eigenvalue weighted by Crippen LogP contribution is 2.15. The molecule has 0 aromatic heterocycles. The summed E-state index contributed by atoms with van der Waals surface area (Å²) in [6, 6.07) is 0. The van der Waals surface area contributed by atoms with Gasteiger partial charge in [0, 0.05) is 6.54 Å². The van der Waals surface area contributed by atoms with Crippen molar-refractivity contribution in [2.24, 2.45) is 5.92 Å². The van der Waals surface area contributed by atoms with Gasteiger partial charge in [0.25, 0.3) is 0 Å².